The minimum absolute atomic E-state index is 0.240. The Morgan fingerprint density at radius 3 is 2.94 bits per heavy atom. The van der Waals surface area contributed by atoms with E-state index >= 15 is 0 Å². The van der Waals surface area contributed by atoms with Crippen LogP contribution in [-0.2, 0) is 6.54 Å². The van der Waals surface area contributed by atoms with Crippen molar-refractivity contribution in [1.29, 1.82) is 0 Å². The van der Waals surface area contributed by atoms with Crippen LogP contribution in [0.5, 0.6) is 5.75 Å². The summed E-state index contributed by atoms with van der Waals surface area (Å²) in [5.74, 6) is 1.37. The van der Waals surface area contributed by atoms with Crippen LogP contribution in [0, 0.1) is 12.7 Å². The molecule has 1 aromatic carbocycles. The van der Waals surface area contributed by atoms with Crippen molar-refractivity contribution in [2.45, 2.75) is 13.5 Å². The lowest BCUT2D eigenvalue weighted by Gasteiger charge is -2.09. The molecule has 2 aromatic rings. The third kappa shape index (κ3) is 3.60. The third-order valence-electron chi connectivity index (χ3n) is 2.55. The number of hydrogen-bond acceptors (Lipinski definition) is 3. The molecule has 0 aliphatic rings. The van der Waals surface area contributed by atoms with Crippen molar-refractivity contribution in [3.63, 3.8) is 0 Å². The number of benzene rings is 1. The molecule has 1 N–H and O–H groups in total. The smallest absolute Gasteiger partial charge is 0.123 e. The highest BCUT2D eigenvalue weighted by atomic mass is 19.1. The number of hydrogen-bond donors (Lipinski definition) is 1. The number of rotatable bonds is 6. The first-order valence-electron chi connectivity index (χ1n) is 5.88. The Kier molecular flexibility index (Phi) is 4.36. The lowest BCUT2D eigenvalue weighted by molar-refractivity contribution is 0.308. The van der Waals surface area contributed by atoms with Gasteiger partial charge in [-0.05, 0) is 42.8 Å². The van der Waals surface area contributed by atoms with E-state index < -0.39 is 0 Å². The minimum Gasteiger partial charge on any atom is -0.492 e. The first kappa shape index (κ1) is 12.6. The summed E-state index contributed by atoms with van der Waals surface area (Å²) in [6, 6.07) is 8.29. The van der Waals surface area contributed by atoms with Crippen LogP contribution >= 0.6 is 0 Å². The second-order valence-corrected chi connectivity index (χ2v) is 4.01. The highest BCUT2D eigenvalue weighted by Gasteiger charge is 2.00. The normalized spacial score (nSPS) is 10.6. The molecule has 0 radical (unpaired) electrons. The molecule has 0 aliphatic heterocycles. The standard InChI is InChI=1S/C14H16FNO2/c1-11-9-12(15)4-5-14(11)18-8-6-16-10-13-3-2-7-17-13/h2-5,7,9,16H,6,8,10H2,1H3. The highest BCUT2D eigenvalue weighted by molar-refractivity contribution is 5.32. The van der Waals surface area contributed by atoms with Crippen LogP contribution in [0.4, 0.5) is 4.39 Å². The van der Waals surface area contributed by atoms with E-state index in [-0.39, 0.29) is 5.82 Å². The number of halogens is 1. The topological polar surface area (TPSA) is 34.4 Å². The predicted molar refractivity (Wildman–Crippen MR) is 67.0 cm³/mol. The van der Waals surface area contributed by atoms with Crippen LogP contribution in [0.15, 0.2) is 41.0 Å². The Morgan fingerprint density at radius 2 is 2.22 bits per heavy atom. The molecule has 4 heteroatoms. The van der Waals surface area contributed by atoms with Crippen LogP contribution in [0.1, 0.15) is 11.3 Å². The summed E-state index contributed by atoms with van der Waals surface area (Å²) in [5, 5.41) is 3.20. The molecule has 0 atom stereocenters. The molecule has 96 valence electrons. The summed E-state index contributed by atoms with van der Waals surface area (Å²) in [5.41, 5.74) is 0.807. The Morgan fingerprint density at radius 1 is 1.33 bits per heavy atom. The first-order chi connectivity index (χ1) is 8.75. The Hall–Kier alpha value is -1.81. The molecule has 0 amide bonds. The summed E-state index contributed by atoms with van der Waals surface area (Å²) < 4.78 is 23.6. The van der Waals surface area contributed by atoms with Gasteiger partial charge in [0.15, 0.2) is 0 Å². The van der Waals surface area contributed by atoms with E-state index in [4.69, 9.17) is 9.15 Å². The lowest BCUT2D eigenvalue weighted by atomic mass is 10.2. The van der Waals surface area contributed by atoms with E-state index in [9.17, 15) is 4.39 Å². The predicted octanol–water partition coefficient (Wildman–Crippen LogP) is 2.90. The molecular weight excluding hydrogens is 233 g/mol. The summed E-state index contributed by atoms with van der Waals surface area (Å²) in [4.78, 5) is 0. The van der Waals surface area contributed by atoms with E-state index in [0.29, 0.717) is 19.7 Å². The summed E-state index contributed by atoms with van der Waals surface area (Å²) in [7, 11) is 0. The molecular formula is C14H16FNO2. The van der Waals surface area contributed by atoms with Crippen LogP contribution in [-0.4, -0.2) is 13.2 Å². The van der Waals surface area contributed by atoms with Crippen molar-refractivity contribution < 1.29 is 13.5 Å². The average Bonchev–Trinajstić information content (AvgIpc) is 2.84. The minimum atomic E-state index is -0.240. The number of furan rings is 1. The van der Waals surface area contributed by atoms with Crippen LogP contribution in [0.2, 0.25) is 0 Å². The van der Waals surface area contributed by atoms with Crippen molar-refractivity contribution >= 4 is 0 Å². The van der Waals surface area contributed by atoms with Crippen molar-refractivity contribution in [1.82, 2.24) is 5.32 Å². The molecule has 0 unspecified atom stereocenters. The molecule has 0 fully saturated rings. The molecule has 0 bridgehead atoms. The maximum atomic E-state index is 12.9. The van der Waals surface area contributed by atoms with Crippen molar-refractivity contribution in [2.24, 2.45) is 0 Å². The largest absolute Gasteiger partial charge is 0.492 e. The second-order valence-electron chi connectivity index (χ2n) is 4.01. The van der Waals surface area contributed by atoms with Gasteiger partial charge in [0.05, 0.1) is 12.8 Å². The van der Waals surface area contributed by atoms with Gasteiger partial charge in [0.1, 0.15) is 23.9 Å². The number of ether oxygens (including phenoxy) is 1. The Balaban J connectivity index is 1.69. The van der Waals surface area contributed by atoms with Gasteiger partial charge in [0.2, 0.25) is 0 Å². The van der Waals surface area contributed by atoms with Gasteiger partial charge in [0, 0.05) is 6.54 Å². The summed E-state index contributed by atoms with van der Waals surface area (Å²) in [6.07, 6.45) is 1.65. The molecule has 1 aromatic heterocycles. The van der Waals surface area contributed by atoms with E-state index in [1.54, 1.807) is 12.3 Å². The average molecular weight is 249 g/mol. The van der Waals surface area contributed by atoms with Gasteiger partial charge in [-0.1, -0.05) is 0 Å². The van der Waals surface area contributed by atoms with Gasteiger partial charge in [-0.25, -0.2) is 4.39 Å². The Labute approximate surface area is 106 Å². The Bertz CT molecular complexity index is 483. The highest BCUT2D eigenvalue weighted by Crippen LogP contribution is 2.17. The summed E-state index contributed by atoms with van der Waals surface area (Å²) in [6.45, 7) is 3.75. The molecule has 0 aliphatic carbocycles. The zero-order valence-electron chi connectivity index (χ0n) is 10.3. The van der Waals surface area contributed by atoms with Crippen molar-refractivity contribution in [2.75, 3.05) is 13.2 Å². The fourth-order valence-corrected chi connectivity index (χ4v) is 1.63. The van der Waals surface area contributed by atoms with Crippen LogP contribution < -0.4 is 10.1 Å². The van der Waals surface area contributed by atoms with E-state index in [1.807, 2.05) is 19.1 Å². The quantitative estimate of drug-likeness (QED) is 0.799. The zero-order chi connectivity index (χ0) is 12.8. The molecule has 18 heavy (non-hydrogen) atoms. The van der Waals surface area contributed by atoms with Crippen molar-refractivity contribution in [3.8, 4) is 5.75 Å². The third-order valence-corrected chi connectivity index (χ3v) is 2.55. The van der Waals surface area contributed by atoms with Gasteiger partial charge >= 0.3 is 0 Å². The molecule has 2 rings (SSSR count). The SMILES string of the molecule is Cc1cc(F)ccc1OCCNCc1ccco1. The molecule has 0 saturated heterocycles. The fraction of sp³-hybridized carbons (Fsp3) is 0.286. The van der Waals surface area contributed by atoms with E-state index in [1.165, 1.54) is 12.1 Å². The van der Waals surface area contributed by atoms with Gasteiger partial charge in [-0.3, -0.25) is 0 Å². The van der Waals surface area contributed by atoms with Crippen LogP contribution in [0.3, 0.4) is 0 Å². The monoisotopic (exact) mass is 249 g/mol. The van der Waals surface area contributed by atoms with Gasteiger partial charge in [-0.15, -0.1) is 0 Å². The maximum Gasteiger partial charge on any atom is 0.123 e. The van der Waals surface area contributed by atoms with E-state index in [2.05, 4.69) is 5.32 Å². The maximum absolute atomic E-state index is 12.9. The van der Waals surface area contributed by atoms with Gasteiger partial charge in [-0.2, -0.15) is 0 Å². The number of nitrogens with one attached hydrogen (secondary N) is 1. The zero-order valence-corrected chi connectivity index (χ0v) is 10.3. The molecule has 3 nitrogen and oxygen atoms in total. The fourth-order valence-electron chi connectivity index (χ4n) is 1.63. The van der Waals surface area contributed by atoms with Gasteiger partial charge < -0.3 is 14.5 Å². The number of aryl methyl sites for hydroxylation is 1. The van der Waals surface area contributed by atoms with Gasteiger partial charge in [0.25, 0.3) is 0 Å². The molecule has 1 heterocycles. The molecule has 0 saturated carbocycles. The van der Waals surface area contributed by atoms with Crippen LogP contribution in [0.25, 0.3) is 0 Å². The lowest BCUT2D eigenvalue weighted by Crippen LogP contribution is -2.20. The molecule has 0 spiro atoms. The van der Waals surface area contributed by atoms with Crippen molar-refractivity contribution in [3.05, 3.63) is 53.7 Å². The first-order valence-corrected chi connectivity index (χ1v) is 5.88. The second kappa shape index (κ2) is 6.21. The summed E-state index contributed by atoms with van der Waals surface area (Å²) >= 11 is 0. The van der Waals surface area contributed by atoms with E-state index in [0.717, 1.165) is 17.1 Å².